The molecule has 0 aromatic heterocycles. The maximum atomic E-state index is 12.0. The summed E-state index contributed by atoms with van der Waals surface area (Å²) in [5, 5.41) is 2.95. The normalized spacial score (nSPS) is 16.6. The summed E-state index contributed by atoms with van der Waals surface area (Å²) in [7, 11) is 0. The summed E-state index contributed by atoms with van der Waals surface area (Å²) in [6.45, 7) is 6.50. The predicted molar refractivity (Wildman–Crippen MR) is 89.1 cm³/mol. The number of ketones is 1. The van der Waals surface area contributed by atoms with E-state index < -0.39 is 6.09 Å². The van der Waals surface area contributed by atoms with Gasteiger partial charge in [-0.25, -0.2) is 4.79 Å². The molecule has 1 aliphatic rings. The SMILES string of the molecule is CC(C)C[C@@H](CN1CCC(=O)C1)NC(=O)OCc1ccccc1. The highest BCUT2D eigenvalue weighted by molar-refractivity contribution is 5.82. The number of likely N-dealkylation sites (tertiary alicyclic amines) is 1. The van der Waals surface area contributed by atoms with Gasteiger partial charge in [-0.05, 0) is 17.9 Å². The first kappa shape index (κ1) is 17.5. The molecule has 1 fully saturated rings. The smallest absolute Gasteiger partial charge is 0.407 e. The van der Waals surface area contributed by atoms with Crippen LogP contribution in [0.15, 0.2) is 30.3 Å². The Morgan fingerprint density at radius 3 is 2.65 bits per heavy atom. The molecule has 1 amide bonds. The number of alkyl carbamates (subject to hydrolysis) is 1. The molecule has 1 heterocycles. The summed E-state index contributed by atoms with van der Waals surface area (Å²) in [4.78, 5) is 25.5. The van der Waals surface area contributed by atoms with Crippen LogP contribution < -0.4 is 5.32 Å². The molecule has 1 saturated heterocycles. The standard InChI is InChI=1S/C18H26N2O3/c1-14(2)10-16(11-20-9-8-17(21)12-20)19-18(22)23-13-15-6-4-3-5-7-15/h3-7,14,16H,8-13H2,1-2H3,(H,19,22)/t16-/m0/s1. The number of nitrogens with one attached hydrogen (secondary N) is 1. The molecule has 126 valence electrons. The molecule has 1 atom stereocenters. The monoisotopic (exact) mass is 318 g/mol. The molecular weight excluding hydrogens is 292 g/mol. The van der Waals surface area contributed by atoms with Crippen LogP contribution >= 0.6 is 0 Å². The molecule has 5 heteroatoms. The zero-order valence-corrected chi connectivity index (χ0v) is 14.0. The van der Waals surface area contributed by atoms with E-state index in [1.54, 1.807) is 0 Å². The molecule has 0 saturated carbocycles. The number of ether oxygens (including phenoxy) is 1. The van der Waals surface area contributed by atoms with E-state index in [2.05, 4.69) is 24.1 Å². The van der Waals surface area contributed by atoms with Crippen LogP contribution in [0.5, 0.6) is 0 Å². The average Bonchev–Trinajstić information content (AvgIpc) is 2.90. The Morgan fingerprint density at radius 1 is 1.30 bits per heavy atom. The van der Waals surface area contributed by atoms with Gasteiger partial charge in [0, 0.05) is 25.6 Å². The molecule has 0 spiro atoms. The van der Waals surface area contributed by atoms with Gasteiger partial charge in [0.05, 0.1) is 6.54 Å². The summed E-state index contributed by atoms with van der Waals surface area (Å²) in [5.41, 5.74) is 0.966. The van der Waals surface area contributed by atoms with E-state index in [9.17, 15) is 9.59 Å². The van der Waals surface area contributed by atoms with Crippen LogP contribution in [-0.2, 0) is 16.1 Å². The third-order valence-electron chi connectivity index (χ3n) is 3.88. The highest BCUT2D eigenvalue weighted by Gasteiger charge is 2.24. The Hall–Kier alpha value is -1.88. The summed E-state index contributed by atoms with van der Waals surface area (Å²) < 4.78 is 5.29. The molecule has 5 nitrogen and oxygen atoms in total. The molecule has 0 unspecified atom stereocenters. The Morgan fingerprint density at radius 2 is 2.04 bits per heavy atom. The Bertz CT molecular complexity index is 516. The van der Waals surface area contributed by atoms with Gasteiger partial charge in [0.25, 0.3) is 0 Å². The van der Waals surface area contributed by atoms with Crippen molar-refractivity contribution < 1.29 is 14.3 Å². The molecule has 2 rings (SSSR count). The molecule has 0 radical (unpaired) electrons. The van der Waals surface area contributed by atoms with E-state index >= 15 is 0 Å². The highest BCUT2D eigenvalue weighted by atomic mass is 16.5. The second-order valence-electron chi connectivity index (χ2n) is 6.56. The Kier molecular flexibility index (Phi) is 6.59. The number of carbonyl (C=O) groups is 2. The second-order valence-corrected chi connectivity index (χ2v) is 6.56. The lowest BCUT2D eigenvalue weighted by Crippen LogP contribution is -2.44. The highest BCUT2D eigenvalue weighted by Crippen LogP contribution is 2.11. The van der Waals surface area contributed by atoms with E-state index in [0.29, 0.717) is 25.4 Å². The zero-order chi connectivity index (χ0) is 16.7. The van der Waals surface area contributed by atoms with Crippen LogP contribution in [0.1, 0.15) is 32.3 Å². The van der Waals surface area contributed by atoms with Crippen LogP contribution in [0, 0.1) is 5.92 Å². The maximum absolute atomic E-state index is 12.0. The molecule has 1 aliphatic heterocycles. The minimum atomic E-state index is -0.398. The van der Waals surface area contributed by atoms with Crippen molar-refractivity contribution in [3.63, 3.8) is 0 Å². The number of carbonyl (C=O) groups excluding carboxylic acids is 2. The fourth-order valence-corrected chi connectivity index (χ4v) is 2.84. The minimum Gasteiger partial charge on any atom is -0.445 e. The van der Waals surface area contributed by atoms with Crippen LogP contribution in [0.25, 0.3) is 0 Å². The number of nitrogens with zero attached hydrogens (tertiary/aromatic N) is 1. The van der Waals surface area contributed by atoms with Crippen molar-refractivity contribution in [3.05, 3.63) is 35.9 Å². The minimum absolute atomic E-state index is 0.00386. The molecular formula is C18H26N2O3. The van der Waals surface area contributed by atoms with Gasteiger partial charge in [0.2, 0.25) is 0 Å². The van der Waals surface area contributed by atoms with E-state index in [4.69, 9.17) is 4.74 Å². The maximum Gasteiger partial charge on any atom is 0.407 e. The molecule has 1 aromatic carbocycles. The van der Waals surface area contributed by atoms with Crippen LogP contribution in [0.3, 0.4) is 0 Å². The molecule has 0 aliphatic carbocycles. The first-order valence-corrected chi connectivity index (χ1v) is 8.24. The van der Waals surface area contributed by atoms with E-state index in [0.717, 1.165) is 18.5 Å². The number of hydrogen-bond acceptors (Lipinski definition) is 4. The average molecular weight is 318 g/mol. The zero-order valence-electron chi connectivity index (χ0n) is 14.0. The number of amides is 1. The van der Waals surface area contributed by atoms with Crippen molar-refractivity contribution >= 4 is 11.9 Å². The van der Waals surface area contributed by atoms with Crippen molar-refractivity contribution in [2.75, 3.05) is 19.6 Å². The van der Waals surface area contributed by atoms with Gasteiger partial charge in [-0.2, -0.15) is 0 Å². The number of rotatable bonds is 7. The van der Waals surface area contributed by atoms with E-state index in [1.807, 2.05) is 30.3 Å². The van der Waals surface area contributed by atoms with Crippen molar-refractivity contribution in [2.45, 2.75) is 39.3 Å². The first-order chi connectivity index (χ1) is 11.0. The van der Waals surface area contributed by atoms with Crippen LogP contribution in [-0.4, -0.2) is 42.5 Å². The molecule has 1 N–H and O–H groups in total. The van der Waals surface area contributed by atoms with Gasteiger partial charge in [-0.1, -0.05) is 44.2 Å². The molecule has 1 aromatic rings. The molecule has 23 heavy (non-hydrogen) atoms. The summed E-state index contributed by atoms with van der Waals surface area (Å²) in [6, 6.07) is 9.62. The topological polar surface area (TPSA) is 58.6 Å². The lowest BCUT2D eigenvalue weighted by Gasteiger charge is -2.25. The van der Waals surface area contributed by atoms with Crippen molar-refractivity contribution in [2.24, 2.45) is 5.92 Å². The van der Waals surface area contributed by atoms with Crippen molar-refractivity contribution in [1.29, 1.82) is 0 Å². The Labute approximate surface area is 138 Å². The van der Waals surface area contributed by atoms with Crippen molar-refractivity contribution in [1.82, 2.24) is 10.2 Å². The largest absolute Gasteiger partial charge is 0.445 e. The van der Waals surface area contributed by atoms with Gasteiger partial charge in [0.1, 0.15) is 12.4 Å². The summed E-state index contributed by atoms with van der Waals surface area (Å²) >= 11 is 0. The first-order valence-electron chi connectivity index (χ1n) is 8.24. The lowest BCUT2D eigenvalue weighted by atomic mass is 10.0. The quantitative estimate of drug-likeness (QED) is 0.839. The van der Waals surface area contributed by atoms with Gasteiger partial charge < -0.3 is 10.1 Å². The fraction of sp³-hybridized carbons (Fsp3) is 0.556. The molecule has 0 bridgehead atoms. The van der Waals surface area contributed by atoms with Crippen LogP contribution in [0.4, 0.5) is 4.79 Å². The van der Waals surface area contributed by atoms with Gasteiger partial charge in [-0.15, -0.1) is 0 Å². The third-order valence-corrected chi connectivity index (χ3v) is 3.88. The van der Waals surface area contributed by atoms with E-state index in [1.165, 1.54) is 0 Å². The third kappa shape index (κ3) is 6.40. The number of benzene rings is 1. The summed E-state index contributed by atoms with van der Waals surface area (Å²) in [6.07, 6.45) is 1.09. The van der Waals surface area contributed by atoms with Crippen molar-refractivity contribution in [3.8, 4) is 0 Å². The fourth-order valence-electron chi connectivity index (χ4n) is 2.84. The van der Waals surface area contributed by atoms with Crippen LogP contribution in [0.2, 0.25) is 0 Å². The Balaban J connectivity index is 1.81. The second kappa shape index (κ2) is 8.67. The van der Waals surface area contributed by atoms with E-state index in [-0.39, 0.29) is 18.4 Å². The predicted octanol–water partition coefficient (Wildman–Crippen LogP) is 2.60. The van der Waals surface area contributed by atoms with Gasteiger partial charge in [0.15, 0.2) is 0 Å². The van der Waals surface area contributed by atoms with Gasteiger partial charge >= 0.3 is 6.09 Å². The number of hydrogen-bond donors (Lipinski definition) is 1. The number of Topliss-reactive ketones (excluding diaryl/α,β-unsaturated/α-hetero) is 1. The lowest BCUT2D eigenvalue weighted by molar-refractivity contribution is -0.116. The van der Waals surface area contributed by atoms with Gasteiger partial charge in [-0.3, -0.25) is 9.69 Å². The summed E-state index contributed by atoms with van der Waals surface area (Å²) in [5.74, 6) is 0.743.